The predicted molar refractivity (Wildman–Crippen MR) is 78.3 cm³/mol. The molecule has 0 saturated heterocycles. The second-order valence-corrected chi connectivity index (χ2v) is 5.94. The fourth-order valence-corrected chi connectivity index (χ4v) is 1.91. The van der Waals surface area contributed by atoms with Crippen LogP contribution in [-0.2, 0) is 6.54 Å². The molecule has 2 N–H and O–H groups in total. The number of rotatable bonds is 7. The molecule has 0 aliphatic rings. The summed E-state index contributed by atoms with van der Waals surface area (Å²) in [6.45, 7) is 8.27. The molecule has 0 spiro atoms. The quantitative estimate of drug-likeness (QED) is 0.820. The number of likely N-dealkylation sites (N-methyl/N-ethyl adjacent to an activating group) is 1. The van der Waals surface area contributed by atoms with E-state index in [4.69, 9.17) is 10.5 Å². The molecule has 0 amide bonds. The molecular weight excluding hydrogens is 240 g/mol. The van der Waals surface area contributed by atoms with Crippen molar-refractivity contribution in [3.05, 3.63) is 11.9 Å². The topological polar surface area (TPSA) is 56.3 Å². The molecule has 0 fully saturated rings. The molecule has 1 rings (SSSR count). The lowest BCUT2D eigenvalue weighted by Crippen LogP contribution is -2.32. The third-order valence-electron chi connectivity index (χ3n) is 3.87. The standard InChI is InChI=1S/C14H28N4O/c1-7-14(2,3)13(15)12-11(19-6)10-16-18(12)9-8-17(4)5/h10,13H,7-9,15H2,1-6H3. The number of nitrogens with zero attached hydrogens (tertiary/aromatic N) is 3. The van der Waals surface area contributed by atoms with Gasteiger partial charge in [-0.25, -0.2) is 0 Å². The molecule has 0 aliphatic carbocycles. The van der Waals surface area contributed by atoms with Crippen LogP contribution in [0.15, 0.2) is 6.20 Å². The molecule has 1 aromatic rings. The van der Waals surface area contributed by atoms with Crippen LogP contribution in [0.2, 0.25) is 0 Å². The van der Waals surface area contributed by atoms with Gasteiger partial charge in [0.05, 0.1) is 31.6 Å². The van der Waals surface area contributed by atoms with E-state index in [2.05, 4.69) is 44.9 Å². The Morgan fingerprint density at radius 1 is 1.47 bits per heavy atom. The van der Waals surface area contributed by atoms with Crippen LogP contribution in [0, 0.1) is 5.41 Å². The van der Waals surface area contributed by atoms with Gasteiger partial charge in [0.2, 0.25) is 0 Å². The van der Waals surface area contributed by atoms with Gasteiger partial charge >= 0.3 is 0 Å². The van der Waals surface area contributed by atoms with Crippen molar-refractivity contribution in [2.45, 2.75) is 39.8 Å². The van der Waals surface area contributed by atoms with Gasteiger partial charge in [0, 0.05) is 6.54 Å². The molecule has 1 heterocycles. The summed E-state index contributed by atoms with van der Waals surface area (Å²) < 4.78 is 7.39. The molecule has 0 aliphatic heterocycles. The zero-order valence-electron chi connectivity index (χ0n) is 13.1. The van der Waals surface area contributed by atoms with Crippen molar-refractivity contribution in [1.82, 2.24) is 14.7 Å². The molecule has 0 aromatic carbocycles. The Kier molecular flexibility index (Phi) is 5.38. The second-order valence-electron chi connectivity index (χ2n) is 5.94. The lowest BCUT2D eigenvalue weighted by atomic mass is 9.80. The van der Waals surface area contributed by atoms with Crippen LogP contribution >= 0.6 is 0 Å². The van der Waals surface area contributed by atoms with Crippen molar-refractivity contribution in [2.75, 3.05) is 27.7 Å². The summed E-state index contributed by atoms with van der Waals surface area (Å²) in [6.07, 6.45) is 2.77. The SMILES string of the molecule is CCC(C)(C)C(N)c1c(OC)cnn1CCN(C)C. The average molecular weight is 268 g/mol. The van der Waals surface area contributed by atoms with E-state index in [1.807, 2.05) is 4.68 Å². The third-order valence-corrected chi connectivity index (χ3v) is 3.87. The van der Waals surface area contributed by atoms with Crippen molar-refractivity contribution in [2.24, 2.45) is 11.1 Å². The first-order chi connectivity index (χ1) is 8.83. The van der Waals surface area contributed by atoms with E-state index in [9.17, 15) is 0 Å². The number of ether oxygens (including phenoxy) is 1. The fourth-order valence-electron chi connectivity index (χ4n) is 1.91. The first kappa shape index (κ1) is 16.0. The van der Waals surface area contributed by atoms with E-state index in [-0.39, 0.29) is 11.5 Å². The molecule has 5 nitrogen and oxygen atoms in total. The first-order valence-electron chi connectivity index (χ1n) is 6.83. The van der Waals surface area contributed by atoms with Gasteiger partial charge in [0.25, 0.3) is 0 Å². The Balaban J connectivity index is 3.05. The van der Waals surface area contributed by atoms with Gasteiger partial charge in [-0.1, -0.05) is 20.8 Å². The smallest absolute Gasteiger partial charge is 0.161 e. The number of aromatic nitrogens is 2. The maximum absolute atomic E-state index is 6.46. The highest BCUT2D eigenvalue weighted by Crippen LogP contribution is 2.38. The van der Waals surface area contributed by atoms with Crippen molar-refractivity contribution in [1.29, 1.82) is 0 Å². The van der Waals surface area contributed by atoms with Crippen LogP contribution in [0.3, 0.4) is 0 Å². The molecule has 19 heavy (non-hydrogen) atoms. The van der Waals surface area contributed by atoms with Crippen LogP contribution in [-0.4, -0.2) is 42.4 Å². The average Bonchev–Trinajstić information content (AvgIpc) is 2.77. The molecule has 110 valence electrons. The van der Waals surface area contributed by atoms with E-state index in [0.29, 0.717) is 0 Å². The van der Waals surface area contributed by atoms with Gasteiger partial charge in [-0.15, -0.1) is 0 Å². The van der Waals surface area contributed by atoms with E-state index >= 15 is 0 Å². The third kappa shape index (κ3) is 3.70. The maximum atomic E-state index is 6.46. The highest BCUT2D eigenvalue weighted by atomic mass is 16.5. The molecule has 1 aromatic heterocycles. The molecular formula is C14H28N4O. The lowest BCUT2D eigenvalue weighted by Gasteiger charge is -2.31. The first-order valence-corrected chi connectivity index (χ1v) is 6.83. The predicted octanol–water partition coefficient (Wildman–Crippen LogP) is 1.89. The summed E-state index contributed by atoms with van der Waals surface area (Å²) >= 11 is 0. The summed E-state index contributed by atoms with van der Waals surface area (Å²) in [5.41, 5.74) is 7.47. The monoisotopic (exact) mass is 268 g/mol. The molecule has 1 atom stereocenters. The summed E-state index contributed by atoms with van der Waals surface area (Å²) in [6, 6.07) is -0.0860. The molecule has 0 radical (unpaired) electrons. The largest absolute Gasteiger partial charge is 0.493 e. The van der Waals surface area contributed by atoms with Gasteiger partial charge in [-0.3, -0.25) is 4.68 Å². The van der Waals surface area contributed by atoms with Crippen LogP contribution in [0.4, 0.5) is 0 Å². The van der Waals surface area contributed by atoms with Crippen LogP contribution in [0.25, 0.3) is 0 Å². The summed E-state index contributed by atoms with van der Waals surface area (Å²) in [5.74, 6) is 0.785. The number of hydrogen-bond donors (Lipinski definition) is 1. The number of nitrogens with two attached hydrogens (primary N) is 1. The van der Waals surface area contributed by atoms with E-state index in [1.165, 1.54) is 0 Å². The molecule has 0 saturated carbocycles. The van der Waals surface area contributed by atoms with Gasteiger partial charge < -0.3 is 15.4 Å². The zero-order chi connectivity index (χ0) is 14.6. The van der Waals surface area contributed by atoms with Crippen LogP contribution < -0.4 is 10.5 Å². The maximum Gasteiger partial charge on any atom is 0.161 e. The van der Waals surface area contributed by atoms with Crippen molar-refractivity contribution >= 4 is 0 Å². The summed E-state index contributed by atoms with van der Waals surface area (Å²) in [7, 11) is 5.77. The highest BCUT2D eigenvalue weighted by Gasteiger charge is 2.31. The van der Waals surface area contributed by atoms with E-state index < -0.39 is 0 Å². The Hall–Kier alpha value is -1.07. The normalized spacial score (nSPS) is 13.9. The van der Waals surface area contributed by atoms with Crippen molar-refractivity contribution in [3.8, 4) is 5.75 Å². The second kappa shape index (κ2) is 6.39. The Bertz CT molecular complexity index is 398. The molecule has 0 bridgehead atoms. The number of methoxy groups -OCH3 is 1. The Labute approximate surface area is 116 Å². The van der Waals surface area contributed by atoms with E-state index in [0.717, 1.165) is 31.0 Å². The minimum atomic E-state index is -0.0860. The Morgan fingerprint density at radius 2 is 2.11 bits per heavy atom. The fraction of sp³-hybridized carbons (Fsp3) is 0.786. The summed E-state index contributed by atoms with van der Waals surface area (Å²) in [5, 5.41) is 4.41. The highest BCUT2D eigenvalue weighted by molar-refractivity contribution is 5.29. The van der Waals surface area contributed by atoms with Crippen molar-refractivity contribution < 1.29 is 4.74 Å². The minimum absolute atomic E-state index is 0.0170. The van der Waals surface area contributed by atoms with Gasteiger partial charge in [-0.2, -0.15) is 5.10 Å². The van der Waals surface area contributed by atoms with Crippen LogP contribution in [0.5, 0.6) is 5.75 Å². The molecule has 1 unspecified atom stereocenters. The van der Waals surface area contributed by atoms with Crippen LogP contribution in [0.1, 0.15) is 38.9 Å². The minimum Gasteiger partial charge on any atom is -0.493 e. The number of hydrogen-bond acceptors (Lipinski definition) is 4. The zero-order valence-corrected chi connectivity index (χ0v) is 13.1. The van der Waals surface area contributed by atoms with Gasteiger partial charge in [0.15, 0.2) is 5.75 Å². The van der Waals surface area contributed by atoms with E-state index in [1.54, 1.807) is 13.3 Å². The summed E-state index contributed by atoms with van der Waals surface area (Å²) in [4.78, 5) is 2.13. The lowest BCUT2D eigenvalue weighted by molar-refractivity contribution is 0.255. The van der Waals surface area contributed by atoms with Gasteiger partial charge in [0.1, 0.15) is 0 Å². The van der Waals surface area contributed by atoms with Gasteiger partial charge in [-0.05, 0) is 25.9 Å². The molecule has 5 heteroatoms. The Morgan fingerprint density at radius 3 is 2.58 bits per heavy atom. The van der Waals surface area contributed by atoms with Crippen molar-refractivity contribution in [3.63, 3.8) is 0 Å².